The molecule has 2 atom stereocenters. The average molecular weight is 322 g/mol. The number of nitrogens with one attached hydrogen (secondary N) is 2. The average Bonchev–Trinajstić information content (AvgIpc) is 2.41. The fourth-order valence-electron chi connectivity index (χ4n) is 2.21. The Kier molecular flexibility index (Phi) is 4.56. The van der Waals surface area contributed by atoms with Crippen LogP contribution < -0.4 is 10.6 Å². The van der Waals surface area contributed by atoms with Crippen molar-refractivity contribution in [2.75, 3.05) is 11.9 Å². The lowest BCUT2D eigenvalue weighted by Crippen LogP contribution is -2.45. The normalized spacial score (nSPS) is 22.6. The van der Waals surface area contributed by atoms with Gasteiger partial charge in [0.25, 0.3) is 0 Å². The first kappa shape index (κ1) is 14.0. The highest BCUT2D eigenvalue weighted by Crippen LogP contribution is 2.24. The predicted octanol–water partition coefficient (Wildman–Crippen LogP) is 2.65. The minimum Gasteiger partial charge on any atom is -0.324 e. The molecule has 2 rings (SSSR count). The van der Waals surface area contributed by atoms with E-state index in [4.69, 9.17) is 5.26 Å². The number of amides is 1. The Hall–Kier alpha value is -1.38. The van der Waals surface area contributed by atoms with Gasteiger partial charge in [-0.15, -0.1) is 0 Å². The van der Waals surface area contributed by atoms with Crippen molar-refractivity contribution in [2.24, 2.45) is 5.92 Å². The summed E-state index contributed by atoms with van der Waals surface area (Å²) in [6.07, 6.45) is 1.98. The van der Waals surface area contributed by atoms with Crippen molar-refractivity contribution < 1.29 is 4.79 Å². The summed E-state index contributed by atoms with van der Waals surface area (Å²) in [6, 6.07) is 7.06. The van der Waals surface area contributed by atoms with Gasteiger partial charge in [-0.05, 0) is 59.4 Å². The summed E-state index contributed by atoms with van der Waals surface area (Å²) in [4.78, 5) is 12.2. The molecule has 4 nitrogen and oxygen atoms in total. The van der Waals surface area contributed by atoms with E-state index >= 15 is 0 Å². The zero-order valence-corrected chi connectivity index (χ0v) is 12.3. The number of rotatable bonds is 2. The van der Waals surface area contributed by atoms with Crippen molar-refractivity contribution in [1.82, 2.24) is 5.32 Å². The van der Waals surface area contributed by atoms with Gasteiger partial charge in [0.05, 0.1) is 23.4 Å². The van der Waals surface area contributed by atoms with Gasteiger partial charge >= 0.3 is 0 Å². The molecule has 1 aliphatic heterocycles. The fourth-order valence-corrected chi connectivity index (χ4v) is 2.69. The second kappa shape index (κ2) is 6.18. The van der Waals surface area contributed by atoms with E-state index in [9.17, 15) is 4.79 Å². The number of carbonyl (C=O) groups excluding carboxylic acids is 1. The van der Waals surface area contributed by atoms with Gasteiger partial charge in [-0.2, -0.15) is 5.26 Å². The molecule has 1 amide bonds. The quantitative estimate of drug-likeness (QED) is 0.880. The van der Waals surface area contributed by atoms with Crippen LogP contribution >= 0.6 is 15.9 Å². The Balaban J connectivity index is 2.04. The van der Waals surface area contributed by atoms with Crippen molar-refractivity contribution in [3.8, 4) is 6.07 Å². The van der Waals surface area contributed by atoms with E-state index in [0.29, 0.717) is 17.2 Å². The molecule has 1 aromatic rings. The molecule has 1 aromatic carbocycles. The smallest absolute Gasteiger partial charge is 0.241 e. The third kappa shape index (κ3) is 3.55. The van der Waals surface area contributed by atoms with Gasteiger partial charge in [0.1, 0.15) is 0 Å². The summed E-state index contributed by atoms with van der Waals surface area (Å²) in [7, 11) is 0. The van der Waals surface area contributed by atoms with Crippen LogP contribution in [0.2, 0.25) is 0 Å². The lowest BCUT2D eigenvalue weighted by Gasteiger charge is -2.27. The highest BCUT2D eigenvalue weighted by molar-refractivity contribution is 9.10. The van der Waals surface area contributed by atoms with E-state index in [1.807, 2.05) is 0 Å². The molecule has 1 fully saturated rings. The van der Waals surface area contributed by atoms with E-state index < -0.39 is 0 Å². The standard InChI is InChI=1S/C14H16BrN3O/c1-9-4-5-17-13(6-9)14(19)18-12-3-2-10(8-16)7-11(12)15/h2-3,7,9,13,17H,4-6H2,1H3,(H,18,19). The summed E-state index contributed by atoms with van der Waals surface area (Å²) in [5.41, 5.74) is 1.26. The lowest BCUT2D eigenvalue weighted by molar-refractivity contribution is -0.119. The van der Waals surface area contributed by atoms with Crippen LogP contribution in [0.5, 0.6) is 0 Å². The fraction of sp³-hybridized carbons (Fsp3) is 0.429. The number of carbonyl (C=O) groups is 1. The maximum absolute atomic E-state index is 12.2. The zero-order valence-electron chi connectivity index (χ0n) is 10.7. The third-order valence-corrected chi connectivity index (χ3v) is 3.99. The molecule has 0 spiro atoms. The predicted molar refractivity (Wildman–Crippen MR) is 77.7 cm³/mol. The second-order valence-corrected chi connectivity index (χ2v) is 5.79. The molecule has 2 N–H and O–H groups in total. The SMILES string of the molecule is CC1CCNC(C(=O)Nc2ccc(C#N)cc2Br)C1. The molecule has 0 aromatic heterocycles. The van der Waals surface area contributed by atoms with Gasteiger partial charge in [-0.25, -0.2) is 0 Å². The van der Waals surface area contributed by atoms with E-state index in [-0.39, 0.29) is 11.9 Å². The molecule has 5 heteroatoms. The van der Waals surface area contributed by atoms with Gasteiger partial charge in [0, 0.05) is 4.47 Å². The maximum atomic E-state index is 12.2. The van der Waals surface area contributed by atoms with Gasteiger partial charge < -0.3 is 10.6 Å². The van der Waals surface area contributed by atoms with Crippen LogP contribution in [0, 0.1) is 17.2 Å². The number of nitriles is 1. The molecule has 1 aliphatic rings. The number of hydrogen-bond donors (Lipinski definition) is 2. The number of benzene rings is 1. The van der Waals surface area contributed by atoms with Crippen molar-refractivity contribution in [3.63, 3.8) is 0 Å². The van der Waals surface area contributed by atoms with Gasteiger partial charge in [-0.3, -0.25) is 4.79 Å². The van der Waals surface area contributed by atoms with Crippen molar-refractivity contribution in [1.29, 1.82) is 5.26 Å². The topological polar surface area (TPSA) is 64.9 Å². The van der Waals surface area contributed by atoms with Gasteiger partial charge in [0.2, 0.25) is 5.91 Å². The number of nitrogens with zero attached hydrogens (tertiary/aromatic N) is 1. The van der Waals surface area contributed by atoms with Crippen LogP contribution in [0.15, 0.2) is 22.7 Å². The molecule has 1 saturated heterocycles. The minimum atomic E-state index is -0.133. The second-order valence-electron chi connectivity index (χ2n) is 4.93. The van der Waals surface area contributed by atoms with E-state index in [1.54, 1.807) is 18.2 Å². The van der Waals surface area contributed by atoms with E-state index in [2.05, 4.69) is 39.6 Å². The Morgan fingerprint density at radius 2 is 2.37 bits per heavy atom. The Labute approximate surface area is 121 Å². The molecule has 1 heterocycles. The Morgan fingerprint density at radius 1 is 1.58 bits per heavy atom. The highest BCUT2D eigenvalue weighted by Gasteiger charge is 2.24. The third-order valence-electron chi connectivity index (χ3n) is 3.34. The van der Waals surface area contributed by atoms with Crippen molar-refractivity contribution >= 4 is 27.5 Å². The molecule has 0 bridgehead atoms. The Bertz CT molecular complexity index is 524. The van der Waals surface area contributed by atoms with Crippen molar-refractivity contribution in [3.05, 3.63) is 28.2 Å². The number of anilines is 1. The zero-order chi connectivity index (χ0) is 13.8. The van der Waals surface area contributed by atoms with E-state index in [0.717, 1.165) is 23.9 Å². The van der Waals surface area contributed by atoms with E-state index in [1.165, 1.54) is 0 Å². The largest absolute Gasteiger partial charge is 0.324 e. The Morgan fingerprint density at radius 3 is 3.00 bits per heavy atom. The number of hydrogen-bond acceptors (Lipinski definition) is 3. The first-order chi connectivity index (χ1) is 9.10. The minimum absolute atomic E-state index is 0.0167. The lowest BCUT2D eigenvalue weighted by atomic mass is 9.94. The molecule has 0 aliphatic carbocycles. The summed E-state index contributed by atoms with van der Waals surface area (Å²) in [5.74, 6) is 0.554. The van der Waals surface area contributed by atoms with Crippen LogP contribution in [0.3, 0.4) is 0 Å². The number of piperidine rings is 1. The molecular formula is C14H16BrN3O. The summed E-state index contributed by atoms with van der Waals surface area (Å²) in [6.45, 7) is 3.05. The van der Waals surface area contributed by atoms with Crippen LogP contribution in [-0.4, -0.2) is 18.5 Å². The molecular weight excluding hydrogens is 306 g/mol. The van der Waals surface area contributed by atoms with Gasteiger partial charge in [-0.1, -0.05) is 6.92 Å². The van der Waals surface area contributed by atoms with Crippen LogP contribution in [0.25, 0.3) is 0 Å². The van der Waals surface area contributed by atoms with Gasteiger partial charge in [0.15, 0.2) is 0 Å². The summed E-state index contributed by atoms with van der Waals surface area (Å²) < 4.78 is 0.726. The highest BCUT2D eigenvalue weighted by atomic mass is 79.9. The molecule has 19 heavy (non-hydrogen) atoms. The summed E-state index contributed by atoms with van der Waals surface area (Å²) in [5, 5.41) is 14.9. The molecule has 2 unspecified atom stereocenters. The van der Waals surface area contributed by atoms with Crippen LogP contribution in [-0.2, 0) is 4.79 Å². The van der Waals surface area contributed by atoms with Crippen molar-refractivity contribution in [2.45, 2.75) is 25.8 Å². The maximum Gasteiger partial charge on any atom is 0.241 e. The first-order valence-corrected chi connectivity index (χ1v) is 7.13. The monoisotopic (exact) mass is 321 g/mol. The number of halogens is 1. The first-order valence-electron chi connectivity index (χ1n) is 6.34. The summed E-state index contributed by atoms with van der Waals surface area (Å²) >= 11 is 3.37. The van der Waals surface area contributed by atoms with Crippen LogP contribution in [0.1, 0.15) is 25.3 Å². The van der Waals surface area contributed by atoms with Crippen LogP contribution in [0.4, 0.5) is 5.69 Å². The molecule has 100 valence electrons. The molecule has 0 radical (unpaired) electrons. The molecule has 0 saturated carbocycles.